The zero-order valence-corrected chi connectivity index (χ0v) is 12.1. The number of carboxylic acids is 1. The summed E-state index contributed by atoms with van der Waals surface area (Å²) >= 11 is 0. The Morgan fingerprint density at radius 1 is 1.45 bits per heavy atom. The van der Waals surface area contributed by atoms with E-state index in [1.165, 1.54) is 18.7 Å². The summed E-state index contributed by atoms with van der Waals surface area (Å²) in [5.41, 5.74) is -1.26. The average Bonchev–Trinajstić information content (AvgIpc) is 2.75. The van der Waals surface area contributed by atoms with Gasteiger partial charge in [-0.1, -0.05) is 5.16 Å². The van der Waals surface area contributed by atoms with E-state index in [4.69, 9.17) is 9.63 Å². The van der Waals surface area contributed by atoms with Crippen molar-refractivity contribution in [3.63, 3.8) is 0 Å². The number of rotatable bonds is 6. The first-order chi connectivity index (χ1) is 9.28. The molecule has 0 aliphatic rings. The molecule has 0 fully saturated rings. The summed E-state index contributed by atoms with van der Waals surface area (Å²) in [6.07, 6.45) is 0.425. The SMILES string of the molecule is CCN(C(=O)NCCc1noc(C)n1)C(C)(C)C(=O)O. The summed E-state index contributed by atoms with van der Waals surface area (Å²) in [4.78, 5) is 28.5. The maximum absolute atomic E-state index is 12.0. The first-order valence-corrected chi connectivity index (χ1v) is 6.37. The van der Waals surface area contributed by atoms with Crippen molar-refractivity contribution >= 4 is 12.0 Å². The fourth-order valence-electron chi connectivity index (χ4n) is 1.73. The van der Waals surface area contributed by atoms with Crippen LogP contribution in [-0.2, 0) is 11.2 Å². The largest absolute Gasteiger partial charge is 0.480 e. The van der Waals surface area contributed by atoms with Gasteiger partial charge in [-0.25, -0.2) is 9.59 Å². The highest BCUT2D eigenvalue weighted by Crippen LogP contribution is 2.14. The molecule has 1 rings (SSSR count). The van der Waals surface area contributed by atoms with Crippen molar-refractivity contribution in [3.8, 4) is 0 Å². The second-order valence-electron chi connectivity index (χ2n) is 4.82. The molecular formula is C12H20N4O4. The van der Waals surface area contributed by atoms with Gasteiger partial charge in [-0.15, -0.1) is 0 Å². The highest BCUT2D eigenvalue weighted by Gasteiger charge is 2.36. The number of likely N-dealkylation sites (N-methyl/N-ethyl adjacent to an activating group) is 1. The van der Waals surface area contributed by atoms with Gasteiger partial charge in [0.2, 0.25) is 5.89 Å². The van der Waals surface area contributed by atoms with Crippen LogP contribution in [0.25, 0.3) is 0 Å². The van der Waals surface area contributed by atoms with E-state index in [0.29, 0.717) is 31.2 Å². The number of aryl methyl sites for hydroxylation is 1. The fourth-order valence-corrected chi connectivity index (χ4v) is 1.73. The van der Waals surface area contributed by atoms with Crippen LogP contribution >= 0.6 is 0 Å². The van der Waals surface area contributed by atoms with Crippen LogP contribution in [0, 0.1) is 6.92 Å². The predicted molar refractivity (Wildman–Crippen MR) is 70.2 cm³/mol. The molecular weight excluding hydrogens is 264 g/mol. The van der Waals surface area contributed by atoms with Crippen molar-refractivity contribution in [2.45, 2.75) is 39.7 Å². The van der Waals surface area contributed by atoms with Crippen molar-refractivity contribution in [1.29, 1.82) is 0 Å². The minimum absolute atomic E-state index is 0.298. The van der Waals surface area contributed by atoms with Gasteiger partial charge >= 0.3 is 12.0 Å². The molecule has 1 aromatic heterocycles. The van der Waals surface area contributed by atoms with Crippen LogP contribution in [0.1, 0.15) is 32.5 Å². The Balaban J connectivity index is 2.54. The molecule has 0 atom stereocenters. The molecule has 112 valence electrons. The van der Waals surface area contributed by atoms with E-state index in [1.54, 1.807) is 13.8 Å². The highest BCUT2D eigenvalue weighted by molar-refractivity contribution is 5.85. The molecule has 1 aromatic rings. The molecule has 0 spiro atoms. The van der Waals surface area contributed by atoms with Crippen LogP contribution in [-0.4, -0.2) is 50.8 Å². The predicted octanol–water partition coefficient (Wildman–Crippen LogP) is 0.815. The van der Waals surface area contributed by atoms with E-state index >= 15 is 0 Å². The molecule has 0 aliphatic heterocycles. The second kappa shape index (κ2) is 6.36. The minimum Gasteiger partial charge on any atom is -0.480 e. The lowest BCUT2D eigenvalue weighted by Gasteiger charge is -2.34. The Morgan fingerprint density at radius 2 is 2.10 bits per heavy atom. The second-order valence-corrected chi connectivity index (χ2v) is 4.82. The van der Waals surface area contributed by atoms with Crippen LogP contribution in [0.4, 0.5) is 4.79 Å². The number of nitrogens with zero attached hydrogens (tertiary/aromatic N) is 3. The lowest BCUT2D eigenvalue weighted by atomic mass is 10.0. The zero-order valence-electron chi connectivity index (χ0n) is 12.1. The fraction of sp³-hybridized carbons (Fsp3) is 0.667. The van der Waals surface area contributed by atoms with Gasteiger partial charge in [0.05, 0.1) is 0 Å². The Hall–Kier alpha value is -2.12. The molecule has 8 heteroatoms. The lowest BCUT2D eigenvalue weighted by molar-refractivity contribution is -0.147. The van der Waals surface area contributed by atoms with Gasteiger partial charge in [-0.2, -0.15) is 4.98 Å². The molecule has 1 heterocycles. The number of nitrogens with one attached hydrogen (secondary N) is 1. The molecule has 8 nitrogen and oxygen atoms in total. The Labute approximate surface area is 117 Å². The molecule has 0 unspecified atom stereocenters. The maximum Gasteiger partial charge on any atom is 0.329 e. The lowest BCUT2D eigenvalue weighted by Crippen LogP contribution is -2.56. The highest BCUT2D eigenvalue weighted by atomic mass is 16.5. The molecule has 20 heavy (non-hydrogen) atoms. The number of carboxylic acid groups (broad SMARTS) is 1. The number of hydrogen-bond donors (Lipinski definition) is 2. The monoisotopic (exact) mass is 284 g/mol. The van der Waals surface area contributed by atoms with Crippen LogP contribution in [0.2, 0.25) is 0 Å². The number of urea groups is 1. The van der Waals surface area contributed by atoms with Gasteiger partial charge in [0.25, 0.3) is 0 Å². The molecule has 0 saturated heterocycles. The third kappa shape index (κ3) is 3.69. The molecule has 2 N–H and O–H groups in total. The summed E-state index contributed by atoms with van der Waals surface area (Å²) in [6.45, 7) is 6.99. The summed E-state index contributed by atoms with van der Waals surface area (Å²) in [5, 5.41) is 15.5. The summed E-state index contributed by atoms with van der Waals surface area (Å²) in [5.74, 6) is -0.0832. The summed E-state index contributed by atoms with van der Waals surface area (Å²) in [7, 11) is 0. The third-order valence-corrected chi connectivity index (χ3v) is 2.95. The number of hydrogen-bond acceptors (Lipinski definition) is 5. The van der Waals surface area contributed by atoms with Gasteiger partial charge in [-0.05, 0) is 20.8 Å². The normalized spacial score (nSPS) is 11.2. The Bertz CT molecular complexity index is 484. The summed E-state index contributed by atoms with van der Waals surface area (Å²) < 4.78 is 4.81. The van der Waals surface area contributed by atoms with Crippen molar-refractivity contribution in [2.24, 2.45) is 0 Å². The van der Waals surface area contributed by atoms with Gasteiger partial charge in [-0.3, -0.25) is 0 Å². The van der Waals surface area contributed by atoms with E-state index in [-0.39, 0.29) is 0 Å². The number of aromatic nitrogens is 2. The minimum atomic E-state index is -1.26. The van der Waals surface area contributed by atoms with E-state index in [9.17, 15) is 9.59 Å². The average molecular weight is 284 g/mol. The third-order valence-electron chi connectivity index (χ3n) is 2.95. The molecule has 0 aliphatic carbocycles. The Kier molecular flexibility index (Phi) is 5.06. The van der Waals surface area contributed by atoms with Gasteiger partial charge in [0.15, 0.2) is 5.82 Å². The molecule has 0 aromatic carbocycles. The first-order valence-electron chi connectivity index (χ1n) is 6.37. The van der Waals surface area contributed by atoms with E-state index in [0.717, 1.165) is 0 Å². The van der Waals surface area contributed by atoms with Crippen molar-refractivity contribution in [2.75, 3.05) is 13.1 Å². The molecule has 0 radical (unpaired) electrons. The topological polar surface area (TPSA) is 109 Å². The van der Waals surface area contributed by atoms with Crippen molar-refractivity contribution < 1.29 is 19.2 Å². The van der Waals surface area contributed by atoms with Gasteiger partial charge in [0.1, 0.15) is 5.54 Å². The van der Waals surface area contributed by atoms with Gasteiger partial charge < -0.3 is 19.8 Å². The summed E-state index contributed by atoms with van der Waals surface area (Å²) in [6, 6.07) is -0.430. The maximum atomic E-state index is 12.0. The van der Waals surface area contributed by atoms with E-state index in [1.807, 2.05) is 0 Å². The van der Waals surface area contributed by atoms with E-state index in [2.05, 4.69) is 15.5 Å². The van der Waals surface area contributed by atoms with Crippen LogP contribution in [0.5, 0.6) is 0 Å². The quantitative estimate of drug-likeness (QED) is 0.800. The molecule has 0 saturated carbocycles. The van der Waals surface area contributed by atoms with E-state index < -0.39 is 17.5 Å². The number of aliphatic carboxylic acids is 1. The molecule has 0 bridgehead atoms. The van der Waals surface area contributed by atoms with Crippen molar-refractivity contribution in [1.82, 2.24) is 20.4 Å². The number of carbonyl (C=O) groups excluding carboxylic acids is 1. The smallest absolute Gasteiger partial charge is 0.329 e. The number of amides is 2. The van der Waals surface area contributed by atoms with Crippen molar-refractivity contribution in [3.05, 3.63) is 11.7 Å². The Morgan fingerprint density at radius 3 is 2.55 bits per heavy atom. The van der Waals surface area contributed by atoms with Crippen LogP contribution in [0.3, 0.4) is 0 Å². The number of carbonyl (C=O) groups is 2. The first kappa shape index (κ1) is 15.9. The molecule has 2 amide bonds. The van der Waals surface area contributed by atoms with Crippen LogP contribution < -0.4 is 5.32 Å². The zero-order chi connectivity index (χ0) is 15.3. The standard InChI is InChI=1S/C12H20N4O4/c1-5-16(12(3,4)10(17)18)11(19)13-7-6-9-14-8(2)20-15-9/h5-7H2,1-4H3,(H,13,19)(H,17,18). The van der Waals surface area contributed by atoms with Gasteiger partial charge in [0, 0.05) is 26.4 Å². The van der Waals surface area contributed by atoms with Crippen LogP contribution in [0.15, 0.2) is 4.52 Å².